The predicted molar refractivity (Wildman–Crippen MR) is 130 cm³/mol. The second-order valence-corrected chi connectivity index (χ2v) is 16.8. The topological polar surface area (TPSA) is 72.8 Å². The maximum absolute atomic E-state index is 13.6. The van der Waals surface area contributed by atoms with Crippen molar-refractivity contribution in [2.45, 2.75) is 118 Å². The molecule has 182 valence electrons. The van der Waals surface area contributed by atoms with Gasteiger partial charge in [-0.05, 0) is 51.2 Å². The summed E-state index contributed by atoms with van der Waals surface area (Å²) in [5.74, 6) is -1.17. The molecular weight excluding hydrogens is 408 g/mol. The molecule has 0 heterocycles. The average Bonchev–Trinajstić information content (AvgIpc) is 2.56. The van der Waals surface area contributed by atoms with Gasteiger partial charge >= 0.3 is 5.97 Å². The van der Waals surface area contributed by atoms with E-state index in [4.69, 9.17) is 9.16 Å². The molecule has 0 aromatic heterocycles. The second-order valence-electron chi connectivity index (χ2n) is 12.0. The van der Waals surface area contributed by atoms with E-state index in [1.165, 1.54) is 0 Å². The Hall–Kier alpha value is -0.983. The van der Waals surface area contributed by atoms with Crippen LogP contribution in [0.15, 0.2) is 12.7 Å². The molecule has 31 heavy (non-hydrogen) atoms. The minimum atomic E-state index is -2.28. The molecular formula is C25H48O5Si. The third kappa shape index (κ3) is 8.82. The van der Waals surface area contributed by atoms with Crippen LogP contribution >= 0.6 is 0 Å². The molecule has 0 aromatic rings. The minimum Gasteiger partial charge on any atom is -0.460 e. The van der Waals surface area contributed by atoms with Crippen LogP contribution in [0.4, 0.5) is 0 Å². The predicted octanol–water partition coefficient (Wildman–Crippen LogP) is 5.91. The minimum absolute atomic E-state index is 0.00640. The SMILES string of the molecule is C=CC[C@H](C)[C@H](O)[C@@H](C)C(=O)C(C)(C)[C@@H](CC(=O)OC(C)(C)C)O[Si](C)(C)C(C)(C)C. The molecule has 4 atom stereocenters. The van der Waals surface area contributed by atoms with Gasteiger partial charge in [-0.15, -0.1) is 6.58 Å². The van der Waals surface area contributed by atoms with Crippen molar-refractivity contribution in [1.29, 1.82) is 0 Å². The van der Waals surface area contributed by atoms with Crippen LogP contribution in [-0.2, 0) is 18.8 Å². The van der Waals surface area contributed by atoms with E-state index in [9.17, 15) is 14.7 Å². The van der Waals surface area contributed by atoms with E-state index in [0.29, 0.717) is 6.42 Å². The van der Waals surface area contributed by atoms with Gasteiger partial charge in [0, 0.05) is 11.3 Å². The van der Waals surface area contributed by atoms with Crippen molar-refractivity contribution >= 4 is 20.1 Å². The lowest BCUT2D eigenvalue weighted by Crippen LogP contribution is -2.53. The Bertz CT molecular complexity index is 625. The van der Waals surface area contributed by atoms with Crippen molar-refractivity contribution in [3.05, 3.63) is 12.7 Å². The fraction of sp³-hybridized carbons (Fsp3) is 0.840. The van der Waals surface area contributed by atoms with Gasteiger partial charge in [0.15, 0.2) is 8.32 Å². The Morgan fingerprint density at radius 2 is 1.52 bits per heavy atom. The van der Waals surface area contributed by atoms with Crippen LogP contribution in [0.1, 0.15) is 82.1 Å². The summed E-state index contributed by atoms with van der Waals surface area (Å²) in [4.78, 5) is 26.3. The zero-order valence-corrected chi connectivity index (χ0v) is 23.1. The molecule has 0 unspecified atom stereocenters. The number of aliphatic hydroxyl groups is 1. The van der Waals surface area contributed by atoms with Crippen molar-refractivity contribution < 1.29 is 23.9 Å². The lowest BCUT2D eigenvalue weighted by atomic mass is 9.73. The highest BCUT2D eigenvalue weighted by molar-refractivity contribution is 6.74. The van der Waals surface area contributed by atoms with Gasteiger partial charge in [-0.1, -0.05) is 54.5 Å². The summed E-state index contributed by atoms with van der Waals surface area (Å²) in [6.45, 7) is 27.1. The third-order valence-electron chi connectivity index (χ3n) is 6.50. The number of ketones is 1. The molecule has 0 rings (SSSR count). The summed E-state index contributed by atoms with van der Waals surface area (Å²) in [6, 6.07) is 0. The molecule has 1 N–H and O–H groups in total. The molecule has 0 aliphatic heterocycles. The largest absolute Gasteiger partial charge is 0.460 e. The molecule has 0 amide bonds. The first-order chi connectivity index (χ1) is 13.7. The number of allylic oxidation sites excluding steroid dienone is 1. The second kappa shape index (κ2) is 10.8. The van der Waals surface area contributed by atoms with Gasteiger partial charge in [0.25, 0.3) is 0 Å². The van der Waals surface area contributed by atoms with Crippen molar-refractivity contribution in [2.24, 2.45) is 17.3 Å². The van der Waals surface area contributed by atoms with Gasteiger partial charge < -0.3 is 14.3 Å². The number of rotatable bonds is 11. The maximum atomic E-state index is 13.6. The van der Waals surface area contributed by atoms with E-state index in [1.54, 1.807) is 13.0 Å². The summed E-state index contributed by atoms with van der Waals surface area (Å²) in [5, 5.41) is 10.7. The Morgan fingerprint density at radius 1 is 1.03 bits per heavy atom. The van der Waals surface area contributed by atoms with Crippen LogP contribution in [0.2, 0.25) is 18.1 Å². The molecule has 0 saturated carbocycles. The van der Waals surface area contributed by atoms with Crippen LogP contribution < -0.4 is 0 Å². The van der Waals surface area contributed by atoms with Crippen LogP contribution in [0.25, 0.3) is 0 Å². The summed E-state index contributed by atoms with van der Waals surface area (Å²) in [5.41, 5.74) is -1.59. The van der Waals surface area contributed by atoms with E-state index in [1.807, 2.05) is 41.5 Å². The van der Waals surface area contributed by atoms with Gasteiger partial charge in [0.05, 0.1) is 18.6 Å². The standard InChI is InChI=1S/C25H48O5Si/c1-14-15-17(2)21(27)18(3)22(28)25(10,11)19(16-20(26)29-23(4,5)6)30-31(12,13)24(7,8)9/h14,17-19,21,27H,1,15-16H2,2-13H3/t17-,18+,19+,21-/m0/s1. The molecule has 0 aliphatic rings. The third-order valence-corrected chi connectivity index (χ3v) is 11.0. The van der Waals surface area contributed by atoms with Gasteiger partial charge in [0.2, 0.25) is 0 Å². The summed E-state index contributed by atoms with van der Waals surface area (Å²) >= 11 is 0. The number of carbonyl (C=O) groups is 2. The average molecular weight is 457 g/mol. The van der Waals surface area contributed by atoms with E-state index < -0.39 is 37.5 Å². The van der Waals surface area contributed by atoms with Crippen molar-refractivity contribution in [3.63, 3.8) is 0 Å². The van der Waals surface area contributed by atoms with Gasteiger partial charge in [-0.25, -0.2) is 0 Å². The van der Waals surface area contributed by atoms with Gasteiger partial charge in [0.1, 0.15) is 11.4 Å². The zero-order valence-electron chi connectivity index (χ0n) is 22.1. The van der Waals surface area contributed by atoms with Crippen LogP contribution in [0, 0.1) is 17.3 Å². The highest BCUT2D eigenvalue weighted by Gasteiger charge is 2.48. The fourth-order valence-electron chi connectivity index (χ4n) is 3.31. The number of ether oxygens (including phenoxy) is 1. The van der Waals surface area contributed by atoms with Crippen LogP contribution in [0.5, 0.6) is 0 Å². The molecule has 0 bridgehead atoms. The Morgan fingerprint density at radius 3 is 1.90 bits per heavy atom. The number of Topliss-reactive ketones (excluding diaryl/α,β-unsaturated/α-hetero) is 1. The van der Waals surface area contributed by atoms with Crippen molar-refractivity contribution in [1.82, 2.24) is 0 Å². The number of aliphatic hydroxyl groups excluding tert-OH is 1. The van der Waals surface area contributed by atoms with Gasteiger partial charge in [-0.3, -0.25) is 9.59 Å². The lowest BCUT2D eigenvalue weighted by Gasteiger charge is -2.44. The highest BCUT2D eigenvalue weighted by atomic mass is 28.4. The number of hydrogen-bond acceptors (Lipinski definition) is 5. The summed E-state index contributed by atoms with van der Waals surface area (Å²) in [6.07, 6.45) is 0.941. The van der Waals surface area contributed by atoms with Crippen LogP contribution in [-0.4, -0.2) is 43.0 Å². The molecule has 0 fully saturated rings. The van der Waals surface area contributed by atoms with E-state index in [-0.39, 0.29) is 29.1 Å². The van der Waals surface area contributed by atoms with E-state index in [2.05, 4.69) is 40.4 Å². The van der Waals surface area contributed by atoms with E-state index in [0.717, 1.165) is 0 Å². The lowest BCUT2D eigenvalue weighted by molar-refractivity contribution is -0.159. The molecule has 0 aromatic carbocycles. The molecule has 0 spiro atoms. The zero-order chi connectivity index (χ0) is 25.0. The smallest absolute Gasteiger partial charge is 0.308 e. The van der Waals surface area contributed by atoms with Crippen LogP contribution in [0.3, 0.4) is 0 Å². The first kappa shape index (κ1) is 30.0. The Kier molecular flexibility index (Phi) is 10.4. The van der Waals surface area contributed by atoms with E-state index >= 15 is 0 Å². The first-order valence-electron chi connectivity index (χ1n) is 11.4. The fourth-order valence-corrected chi connectivity index (χ4v) is 4.75. The first-order valence-corrected chi connectivity index (χ1v) is 14.3. The molecule has 6 heteroatoms. The van der Waals surface area contributed by atoms with Crippen molar-refractivity contribution in [3.8, 4) is 0 Å². The summed E-state index contributed by atoms with van der Waals surface area (Å²) in [7, 11) is -2.28. The maximum Gasteiger partial charge on any atom is 0.308 e. The normalized spacial score (nSPS) is 17.5. The molecule has 0 aliphatic carbocycles. The highest BCUT2D eigenvalue weighted by Crippen LogP contribution is 2.42. The molecule has 0 saturated heterocycles. The molecule has 0 radical (unpaired) electrons. The quantitative estimate of drug-likeness (QED) is 0.237. The van der Waals surface area contributed by atoms with Gasteiger partial charge in [-0.2, -0.15) is 0 Å². The monoisotopic (exact) mass is 456 g/mol. The van der Waals surface area contributed by atoms with Crippen molar-refractivity contribution in [2.75, 3.05) is 0 Å². The number of carbonyl (C=O) groups excluding carboxylic acids is 2. The summed E-state index contributed by atoms with van der Waals surface area (Å²) < 4.78 is 12.2. The Labute approximate surface area is 192 Å². The number of esters is 1. The number of hydrogen-bond donors (Lipinski definition) is 1. The molecule has 5 nitrogen and oxygen atoms in total. The Balaban J connectivity index is 5.96.